The monoisotopic (exact) mass is 450 g/mol. The molecular weight excluding hydrogens is 427 g/mol. The van der Waals surface area contributed by atoms with E-state index in [0.717, 1.165) is 22.4 Å². The lowest BCUT2D eigenvalue weighted by atomic mass is 9.88. The molecule has 1 heterocycles. The van der Waals surface area contributed by atoms with Gasteiger partial charge in [0.15, 0.2) is 0 Å². The predicted molar refractivity (Wildman–Crippen MR) is 111 cm³/mol. The largest absolute Gasteiger partial charge is 0.490 e. The number of hydrogen-bond donors (Lipinski definition) is 1. The van der Waals surface area contributed by atoms with Gasteiger partial charge < -0.3 is 10.1 Å². The molecule has 3 aromatic rings. The number of alkyl halides is 3. The van der Waals surface area contributed by atoms with Crippen LogP contribution in [-0.4, -0.2) is 17.1 Å². The third kappa shape index (κ3) is 4.55. The molecule has 1 saturated carbocycles. The van der Waals surface area contributed by atoms with E-state index in [1.54, 1.807) is 24.5 Å². The topological polar surface area (TPSA) is 34.1 Å². The molecule has 0 spiro atoms. The summed E-state index contributed by atoms with van der Waals surface area (Å²) in [6.45, 7) is 4.33. The first-order chi connectivity index (χ1) is 15.1. The molecule has 1 N–H and O–H groups in total. The van der Waals surface area contributed by atoms with Gasteiger partial charge in [0, 0.05) is 35.9 Å². The lowest BCUT2D eigenvalue weighted by Crippen LogP contribution is -2.46. The van der Waals surface area contributed by atoms with Crippen LogP contribution in [-0.2, 0) is 12.7 Å². The average molecular weight is 450 g/mol. The maximum Gasteiger partial charge on any atom is 0.419 e. The number of nitrogens with one attached hydrogen (secondary N) is 1. The second-order valence-corrected chi connectivity index (χ2v) is 8.43. The highest BCUT2D eigenvalue weighted by atomic mass is 19.4. The van der Waals surface area contributed by atoms with Crippen LogP contribution in [0.2, 0.25) is 0 Å². The van der Waals surface area contributed by atoms with Crippen molar-refractivity contribution in [3.63, 3.8) is 0 Å². The fourth-order valence-electron chi connectivity index (χ4n) is 4.04. The molecule has 4 rings (SSSR count). The highest BCUT2D eigenvalue weighted by molar-refractivity contribution is 5.88. The number of hydrogen-bond acceptors (Lipinski definition) is 3. The Hall–Kier alpha value is -2.74. The molecule has 1 aliphatic rings. The number of pyridine rings is 1. The van der Waals surface area contributed by atoms with Crippen molar-refractivity contribution in [1.29, 1.82) is 0 Å². The van der Waals surface area contributed by atoms with Gasteiger partial charge in [-0.25, -0.2) is 8.78 Å². The lowest BCUT2D eigenvalue weighted by molar-refractivity contribution is -0.140. The molecule has 0 atom stereocenters. The van der Waals surface area contributed by atoms with E-state index in [9.17, 15) is 22.0 Å². The molecule has 3 nitrogen and oxygen atoms in total. The molecule has 8 heteroatoms. The van der Waals surface area contributed by atoms with E-state index in [1.807, 2.05) is 13.8 Å². The van der Waals surface area contributed by atoms with Crippen LogP contribution < -0.4 is 10.1 Å². The van der Waals surface area contributed by atoms with Crippen LogP contribution in [0.5, 0.6) is 5.75 Å². The molecule has 2 aromatic carbocycles. The molecule has 170 valence electrons. The molecule has 32 heavy (non-hydrogen) atoms. The van der Waals surface area contributed by atoms with Gasteiger partial charge in [0.05, 0.1) is 5.56 Å². The molecule has 0 saturated heterocycles. The Bertz CT molecular complexity index is 1120. The van der Waals surface area contributed by atoms with Crippen molar-refractivity contribution in [2.75, 3.05) is 0 Å². The zero-order valence-electron chi connectivity index (χ0n) is 17.6. The standard InChI is InChI=1S/C24H23F5N2O/c1-13(2)18-10-23(26)20(17-5-6-30-11-19(17)18)12-31-14-7-16(8-14)32-15-3-4-22(25)21(9-15)24(27,28)29/h3-6,9-11,13-14,16,31H,7-8,12H2,1-2H3. The molecule has 0 radical (unpaired) electrons. The zero-order chi connectivity index (χ0) is 23.0. The van der Waals surface area contributed by atoms with Crippen LogP contribution in [0.1, 0.15) is 49.3 Å². The minimum atomic E-state index is -4.78. The quantitative estimate of drug-likeness (QED) is 0.444. The number of halogens is 5. The van der Waals surface area contributed by atoms with E-state index in [-0.39, 0.29) is 29.6 Å². The van der Waals surface area contributed by atoms with Gasteiger partial charge >= 0.3 is 6.18 Å². The van der Waals surface area contributed by atoms with Crippen molar-refractivity contribution >= 4 is 10.8 Å². The number of ether oxygens (including phenoxy) is 1. The van der Waals surface area contributed by atoms with Crippen LogP contribution in [0.3, 0.4) is 0 Å². The Morgan fingerprint density at radius 3 is 2.50 bits per heavy atom. The van der Waals surface area contributed by atoms with Gasteiger partial charge in [0.2, 0.25) is 0 Å². The second kappa shape index (κ2) is 8.65. The second-order valence-electron chi connectivity index (χ2n) is 8.43. The van der Waals surface area contributed by atoms with Gasteiger partial charge in [-0.15, -0.1) is 0 Å². The number of aromatic nitrogens is 1. The molecule has 1 aliphatic carbocycles. The summed E-state index contributed by atoms with van der Waals surface area (Å²) in [5.74, 6) is -1.47. The van der Waals surface area contributed by atoms with Crippen molar-refractivity contribution in [3.05, 3.63) is 71.1 Å². The summed E-state index contributed by atoms with van der Waals surface area (Å²) in [4.78, 5) is 4.17. The van der Waals surface area contributed by atoms with E-state index in [0.29, 0.717) is 31.0 Å². The van der Waals surface area contributed by atoms with Crippen LogP contribution in [0.4, 0.5) is 22.0 Å². The predicted octanol–water partition coefficient (Wildman–Crippen LogP) is 6.35. The summed E-state index contributed by atoms with van der Waals surface area (Å²) in [6.07, 6.45) is -0.554. The lowest BCUT2D eigenvalue weighted by Gasteiger charge is -2.36. The Kier molecular flexibility index (Phi) is 6.07. The zero-order valence-corrected chi connectivity index (χ0v) is 17.6. The normalized spacial score (nSPS) is 18.8. The summed E-state index contributed by atoms with van der Waals surface area (Å²) < 4.78 is 72.4. The molecular formula is C24H23F5N2O. The highest BCUT2D eigenvalue weighted by Gasteiger charge is 2.35. The number of benzene rings is 2. The molecule has 0 bridgehead atoms. The highest BCUT2D eigenvalue weighted by Crippen LogP contribution is 2.35. The Balaban J connectivity index is 1.39. The van der Waals surface area contributed by atoms with Gasteiger partial charge in [0.25, 0.3) is 0 Å². The van der Waals surface area contributed by atoms with Crippen molar-refractivity contribution in [2.24, 2.45) is 0 Å². The number of fused-ring (bicyclic) bond motifs is 1. The molecule has 0 aliphatic heterocycles. The third-order valence-corrected chi connectivity index (χ3v) is 5.86. The maximum absolute atomic E-state index is 14.8. The van der Waals surface area contributed by atoms with Crippen LogP contribution in [0, 0.1) is 11.6 Å². The molecule has 1 aromatic heterocycles. The molecule has 1 fully saturated rings. The van der Waals surface area contributed by atoms with Crippen molar-refractivity contribution in [3.8, 4) is 5.75 Å². The summed E-state index contributed by atoms with van der Waals surface area (Å²) in [5.41, 5.74) is 0.124. The SMILES string of the molecule is CC(C)c1cc(F)c(CNC2CC(Oc3ccc(F)c(C(F)(F)F)c3)C2)c2ccncc12. The fourth-order valence-corrected chi connectivity index (χ4v) is 4.04. The van der Waals surface area contributed by atoms with E-state index in [4.69, 9.17) is 4.74 Å². The van der Waals surface area contributed by atoms with Crippen molar-refractivity contribution < 1.29 is 26.7 Å². The van der Waals surface area contributed by atoms with Crippen LogP contribution in [0.25, 0.3) is 10.8 Å². The summed E-state index contributed by atoms with van der Waals surface area (Å²) >= 11 is 0. The van der Waals surface area contributed by atoms with Gasteiger partial charge in [0.1, 0.15) is 23.5 Å². The van der Waals surface area contributed by atoms with E-state index >= 15 is 0 Å². The van der Waals surface area contributed by atoms with E-state index in [2.05, 4.69) is 10.3 Å². The van der Waals surface area contributed by atoms with Crippen molar-refractivity contribution in [1.82, 2.24) is 10.3 Å². The number of rotatable bonds is 6. The fraction of sp³-hybridized carbons (Fsp3) is 0.375. The van der Waals surface area contributed by atoms with Gasteiger partial charge in [-0.3, -0.25) is 4.98 Å². The minimum Gasteiger partial charge on any atom is -0.490 e. The van der Waals surface area contributed by atoms with Crippen LogP contribution >= 0.6 is 0 Å². The molecule has 0 unspecified atom stereocenters. The van der Waals surface area contributed by atoms with Crippen molar-refractivity contribution in [2.45, 2.75) is 57.5 Å². The Labute approximate surface area is 182 Å². The molecule has 0 amide bonds. The van der Waals surface area contributed by atoms with Gasteiger partial charge in [-0.1, -0.05) is 13.8 Å². The van der Waals surface area contributed by atoms with Gasteiger partial charge in [-0.2, -0.15) is 13.2 Å². The smallest absolute Gasteiger partial charge is 0.419 e. The van der Waals surface area contributed by atoms with Crippen LogP contribution in [0.15, 0.2) is 42.7 Å². The first kappa shape index (κ1) is 22.5. The first-order valence-electron chi connectivity index (χ1n) is 10.4. The van der Waals surface area contributed by atoms with E-state index < -0.39 is 17.6 Å². The Morgan fingerprint density at radius 1 is 1.06 bits per heavy atom. The number of nitrogens with zero attached hydrogens (tertiary/aromatic N) is 1. The summed E-state index contributed by atoms with van der Waals surface area (Å²) in [7, 11) is 0. The minimum absolute atomic E-state index is 0.0176. The summed E-state index contributed by atoms with van der Waals surface area (Å²) in [6, 6.07) is 6.05. The first-order valence-corrected chi connectivity index (χ1v) is 10.4. The Morgan fingerprint density at radius 2 is 1.81 bits per heavy atom. The average Bonchev–Trinajstić information content (AvgIpc) is 2.70. The summed E-state index contributed by atoms with van der Waals surface area (Å²) in [5, 5.41) is 5.03. The maximum atomic E-state index is 14.8. The van der Waals surface area contributed by atoms with E-state index in [1.165, 1.54) is 6.07 Å². The van der Waals surface area contributed by atoms with Gasteiger partial charge in [-0.05, 0) is 60.0 Å². The third-order valence-electron chi connectivity index (χ3n) is 5.86.